The molecule has 1 aromatic carbocycles. The maximum atomic E-state index is 11.9. The summed E-state index contributed by atoms with van der Waals surface area (Å²) in [4.78, 5) is 14.1. The molecule has 1 amide bonds. The van der Waals surface area contributed by atoms with E-state index in [0.717, 1.165) is 26.1 Å². The average Bonchev–Trinajstić information content (AvgIpc) is 2.49. The lowest BCUT2D eigenvalue weighted by Crippen LogP contribution is -2.35. The van der Waals surface area contributed by atoms with E-state index in [1.807, 2.05) is 25.2 Å². The molecule has 0 saturated carbocycles. The predicted molar refractivity (Wildman–Crippen MR) is 85.2 cm³/mol. The normalized spacial score (nSPS) is 18.7. The summed E-state index contributed by atoms with van der Waals surface area (Å²) < 4.78 is 5.71. The molecule has 3 N–H and O–H groups in total. The van der Waals surface area contributed by atoms with E-state index in [-0.39, 0.29) is 5.91 Å². The third-order valence-corrected chi connectivity index (χ3v) is 3.74. The number of nitrogens with zero attached hydrogens (tertiary/aromatic N) is 1. The lowest BCUT2D eigenvalue weighted by Gasteiger charge is -2.27. The van der Waals surface area contributed by atoms with Crippen molar-refractivity contribution in [1.29, 1.82) is 0 Å². The van der Waals surface area contributed by atoms with Crippen LogP contribution in [0, 0.1) is 0 Å². The first-order valence-corrected chi connectivity index (χ1v) is 7.59. The van der Waals surface area contributed by atoms with E-state index in [2.05, 4.69) is 10.2 Å². The van der Waals surface area contributed by atoms with Crippen LogP contribution in [-0.2, 0) is 9.53 Å². The van der Waals surface area contributed by atoms with Crippen LogP contribution >= 0.6 is 0 Å². The maximum Gasteiger partial charge on any atom is 0.225 e. The van der Waals surface area contributed by atoms with Gasteiger partial charge >= 0.3 is 0 Å². The Morgan fingerprint density at radius 2 is 2.24 bits per heavy atom. The Morgan fingerprint density at radius 3 is 2.95 bits per heavy atom. The molecule has 1 unspecified atom stereocenters. The van der Waals surface area contributed by atoms with Gasteiger partial charge in [-0.1, -0.05) is 12.1 Å². The first kappa shape index (κ1) is 15.8. The minimum Gasteiger partial charge on any atom is -0.397 e. The Morgan fingerprint density at radius 1 is 1.43 bits per heavy atom. The number of rotatable bonds is 6. The summed E-state index contributed by atoms with van der Waals surface area (Å²) in [5.74, 6) is -0.00990. The number of carbonyl (C=O) groups excluding carboxylic acids is 1. The summed E-state index contributed by atoms with van der Waals surface area (Å²) in [5.41, 5.74) is 7.08. The number of ether oxygens (including phenoxy) is 1. The number of nitrogens with two attached hydrogens (primary N) is 1. The lowest BCUT2D eigenvalue weighted by molar-refractivity contribution is -0.116. The van der Waals surface area contributed by atoms with Gasteiger partial charge in [-0.15, -0.1) is 0 Å². The monoisotopic (exact) mass is 291 g/mol. The molecule has 2 rings (SSSR count). The molecule has 0 radical (unpaired) electrons. The number of anilines is 2. The van der Waals surface area contributed by atoms with E-state index >= 15 is 0 Å². The van der Waals surface area contributed by atoms with Crippen molar-refractivity contribution in [3.05, 3.63) is 24.3 Å². The fourth-order valence-electron chi connectivity index (χ4n) is 2.51. The highest BCUT2D eigenvalue weighted by Gasteiger charge is 2.16. The Balaban J connectivity index is 1.69. The number of nitrogens with one attached hydrogen (secondary N) is 1. The first-order valence-electron chi connectivity index (χ1n) is 7.59. The van der Waals surface area contributed by atoms with E-state index in [9.17, 15) is 4.79 Å². The van der Waals surface area contributed by atoms with Gasteiger partial charge in [0.2, 0.25) is 5.91 Å². The number of amides is 1. The highest BCUT2D eigenvalue weighted by atomic mass is 16.5. The highest BCUT2D eigenvalue weighted by Crippen LogP contribution is 2.17. The van der Waals surface area contributed by atoms with Crippen LogP contribution in [0.25, 0.3) is 0 Å². The van der Waals surface area contributed by atoms with Gasteiger partial charge in [0.15, 0.2) is 0 Å². The Bertz CT molecular complexity index is 459. The van der Waals surface area contributed by atoms with Gasteiger partial charge in [0.25, 0.3) is 0 Å². The lowest BCUT2D eigenvalue weighted by atomic mass is 10.1. The SMILES string of the molecule is CN(CCC(=O)Nc1ccccc1N)CC1CCCCO1. The van der Waals surface area contributed by atoms with Gasteiger partial charge in [-0.3, -0.25) is 4.79 Å². The van der Waals surface area contributed by atoms with Gasteiger partial charge in [-0.2, -0.15) is 0 Å². The Kier molecular flexibility index (Phi) is 6.02. The summed E-state index contributed by atoms with van der Waals surface area (Å²) in [5, 5.41) is 2.85. The Hall–Kier alpha value is -1.59. The molecule has 21 heavy (non-hydrogen) atoms. The molecule has 0 aromatic heterocycles. The molecule has 1 aliphatic rings. The number of benzene rings is 1. The summed E-state index contributed by atoms with van der Waals surface area (Å²) in [7, 11) is 2.03. The minimum atomic E-state index is -0.00990. The molecule has 1 aliphatic heterocycles. The highest BCUT2D eigenvalue weighted by molar-refractivity contribution is 5.93. The Labute approximate surface area is 126 Å². The zero-order valence-corrected chi connectivity index (χ0v) is 12.7. The molecule has 1 fully saturated rings. The van der Waals surface area contributed by atoms with Crippen LogP contribution < -0.4 is 11.1 Å². The van der Waals surface area contributed by atoms with Crippen molar-refractivity contribution in [2.45, 2.75) is 31.8 Å². The van der Waals surface area contributed by atoms with Crippen LogP contribution in [0.4, 0.5) is 11.4 Å². The quantitative estimate of drug-likeness (QED) is 0.788. The van der Waals surface area contributed by atoms with Crippen LogP contribution in [0.15, 0.2) is 24.3 Å². The van der Waals surface area contributed by atoms with Crippen LogP contribution in [0.2, 0.25) is 0 Å². The van der Waals surface area contributed by atoms with Crippen molar-refractivity contribution in [3.8, 4) is 0 Å². The second kappa shape index (κ2) is 8.00. The van der Waals surface area contributed by atoms with E-state index in [0.29, 0.717) is 23.9 Å². The summed E-state index contributed by atoms with van der Waals surface area (Å²) in [6.45, 7) is 2.48. The van der Waals surface area contributed by atoms with Crippen molar-refractivity contribution < 1.29 is 9.53 Å². The molecule has 1 heterocycles. The molecule has 0 spiro atoms. The van der Waals surface area contributed by atoms with Gasteiger partial charge in [0.1, 0.15) is 0 Å². The molecule has 0 bridgehead atoms. The molecule has 1 saturated heterocycles. The molecule has 1 atom stereocenters. The van der Waals surface area contributed by atoms with Crippen LogP contribution in [0.1, 0.15) is 25.7 Å². The predicted octanol–water partition coefficient (Wildman–Crippen LogP) is 2.10. The van der Waals surface area contributed by atoms with Crippen LogP contribution in [0.3, 0.4) is 0 Å². The van der Waals surface area contributed by atoms with Crippen LogP contribution in [0.5, 0.6) is 0 Å². The van der Waals surface area contributed by atoms with Crippen molar-refractivity contribution in [3.63, 3.8) is 0 Å². The number of hydrogen-bond donors (Lipinski definition) is 2. The maximum absolute atomic E-state index is 11.9. The van der Waals surface area contributed by atoms with E-state index in [1.54, 1.807) is 6.07 Å². The van der Waals surface area contributed by atoms with Crippen LogP contribution in [-0.4, -0.2) is 43.7 Å². The molecular formula is C16H25N3O2. The third kappa shape index (κ3) is 5.36. The van der Waals surface area contributed by atoms with Crippen molar-refractivity contribution in [1.82, 2.24) is 4.90 Å². The number of hydrogen-bond acceptors (Lipinski definition) is 4. The van der Waals surface area contributed by atoms with E-state index in [4.69, 9.17) is 10.5 Å². The zero-order chi connectivity index (χ0) is 15.1. The molecule has 0 aliphatic carbocycles. The van der Waals surface area contributed by atoms with Crippen molar-refractivity contribution >= 4 is 17.3 Å². The molecule has 5 heteroatoms. The minimum absolute atomic E-state index is 0.00990. The summed E-state index contributed by atoms with van der Waals surface area (Å²) in [6.07, 6.45) is 4.30. The zero-order valence-electron chi connectivity index (χ0n) is 12.7. The smallest absolute Gasteiger partial charge is 0.225 e. The second-order valence-corrected chi connectivity index (χ2v) is 5.64. The summed E-state index contributed by atoms with van der Waals surface area (Å²) in [6, 6.07) is 7.30. The molecule has 116 valence electrons. The molecule has 5 nitrogen and oxygen atoms in total. The molecule has 1 aromatic rings. The van der Waals surface area contributed by atoms with Crippen molar-refractivity contribution in [2.24, 2.45) is 0 Å². The van der Waals surface area contributed by atoms with Gasteiger partial charge in [0.05, 0.1) is 17.5 Å². The third-order valence-electron chi connectivity index (χ3n) is 3.74. The van der Waals surface area contributed by atoms with Crippen molar-refractivity contribution in [2.75, 3.05) is 37.8 Å². The second-order valence-electron chi connectivity index (χ2n) is 5.64. The standard InChI is InChI=1S/C16H25N3O2/c1-19(12-13-6-4-5-11-21-13)10-9-16(20)18-15-8-3-2-7-14(15)17/h2-3,7-8,13H,4-6,9-12,17H2,1H3,(H,18,20). The average molecular weight is 291 g/mol. The largest absolute Gasteiger partial charge is 0.397 e. The number of para-hydroxylation sites is 2. The van der Waals surface area contributed by atoms with Gasteiger partial charge in [0, 0.05) is 26.1 Å². The van der Waals surface area contributed by atoms with E-state index < -0.39 is 0 Å². The van der Waals surface area contributed by atoms with E-state index in [1.165, 1.54) is 12.8 Å². The van der Waals surface area contributed by atoms with Gasteiger partial charge in [-0.05, 0) is 38.4 Å². The number of likely N-dealkylation sites (N-methyl/N-ethyl adjacent to an activating group) is 1. The first-order chi connectivity index (χ1) is 10.1. The fraction of sp³-hybridized carbons (Fsp3) is 0.562. The fourth-order valence-corrected chi connectivity index (χ4v) is 2.51. The van der Waals surface area contributed by atoms with Gasteiger partial charge < -0.3 is 20.7 Å². The topological polar surface area (TPSA) is 67.6 Å². The van der Waals surface area contributed by atoms with Gasteiger partial charge in [-0.25, -0.2) is 0 Å². The number of nitrogen functional groups attached to an aromatic ring is 1. The molecular weight excluding hydrogens is 266 g/mol. The summed E-state index contributed by atoms with van der Waals surface area (Å²) >= 11 is 0. The number of carbonyl (C=O) groups is 1.